The fourth-order valence-corrected chi connectivity index (χ4v) is 3.27. The van der Waals surface area contributed by atoms with E-state index in [4.69, 9.17) is 4.74 Å². The van der Waals surface area contributed by atoms with Gasteiger partial charge in [-0.05, 0) is 42.0 Å². The second-order valence-corrected chi connectivity index (χ2v) is 6.26. The first-order valence-corrected chi connectivity index (χ1v) is 8.85. The number of ether oxygens (including phenoxy) is 1. The van der Waals surface area contributed by atoms with E-state index in [0.29, 0.717) is 12.3 Å². The van der Waals surface area contributed by atoms with E-state index in [9.17, 15) is 9.90 Å². The van der Waals surface area contributed by atoms with Crippen molar-refractivity contribution in [2.45, 2.75) is 6.92 Å². The van der Waals surface area contributed by atoms with Gasteiger partial charge in [0.2, 0.25) is 0 Å². The zero-order valence-electron chi connectivity index (χ0n) is 14.9. The molecule has 4 aromatic rings. The third-order valence-corrected chi connectivity index (χ3v) is 4.54. The van der Waals surface area contributed by atoms with Gasteiger partial charge in [-0.25, -0.2) is 0 Å². The lowest BCUT2D eigenvalue weighted by atomic mass is 10.0. The molecule has 0 aliphatic rings. The lowest BCUT2D eigenvalue weighted by Crippen LogP contribution is -2.12. The van der Waals surface area contributed by atoms with E-state index < -0.39 is 0 Å². The maximum Gasteiger partial charge on any atom is 0.259 e. The summed E-state index contributed by atoms with van der Waals surface area (Å²) in [5, 5.41) is 16.8. The van der Waals surface area contributed by atoms with Gasteiger partial charge in [-0.3, -0.25) is 4.79 Å². The predicted octanol–water partition coefficient (Wildman–Crippen LogP) is 5.35. The Kier molecular flexibility index (Phi) is 4.38. The molecule has 0 fully saturated rings. The zero-order chi connectivity index (χ0) is 18.8. The fraction of sp³-hybridized carbons (Fsp3) is 0.0870. The van der Waals surface area contributed by atoms with E-state index in [2.05, 4.69) is 5.32 Å². The van der Waals surface area contributed by atoms with Crippen molar-refractivity contribution in [1.82, 2.24) is 0 Å². The van der Waals surface area contributed by atoms with Gasteiger partial charge in [0.15, 0.2) is 0 Å². The molecule has 4 aromatic carbocycles. The van der Waals surface area contributed by atoms with E-state index in [1.807, 2.05) is 67.6 Å². The predicted molar refractivity (Wildman–Crippen MR) is 109 cm³/mol. The van der Waals surface area contributed by atoms with Crippen molar-refractivity contribution in [1.29, 1.82) is 0 Å². The number of carbonyl (C=O) groups excluding carboxylic acids is 1. The number of benzene rings is 4. The van der Waals surface area contributed by atoms with Crippen LogP contribution in [0.2, 0.25) is 0 Å². The van der Waals surface area contributed by atoms with Crippen molar-refractivity contribution < 1.29 is 14.6 Å². The Balaban J connectivity index is 1.73. The van der Waals surface area contributed by atoms with Crippen molar-refractivity contribution in [3.8, 4) is 11.5 Å². The Labute approximate surface area is 157 Å². The largest absolute Gasteiger partial charge is 0.507 e. The second-order valence-electron chi connectivity index (χ2n) is 6.26. The molecule has 4 heteroatoms. The zero-order valence-corrected chi connectivity index (χ0v) is 14.9. The van der Waals surface area contributed by atoms with Crippen LogP contribution < -0.4 is 10.1 Å². The summed E-state index contributed by atoms with van der Waals surface area (Å²) < 4.78 is 5.68. The third kappa shape index (κ3) is 3.17. The number of nitrogens with one attached hydrogen (secondary N) is 1. The Bertz CT molecular complexity index is 1150. The average Bonchev–Trinajstić information content (AvgIpc) is 2.68. The minimum Gasteiger partial charge on any atom is -0.507 e. The lowest BCUT2D eigenvalue weighted by molar-refractivity contribution is 0.102. The highest BCUT2D eigenvalue weighted by molar-refractivity contribution is 6.12. The molecule has 0 aliphatic heterocycles. The molecule has 0 radical (unpaired) electrons. The van der Waals surface area contributed by atoms with Crippen LogP contribution in [0.25, 0.3) is 21.5 Å². The number of phenolic OH excluding ortho intramolecular Hbond substituents is 1. The average molecular weight is 357 g/mol. The van der Waals surface area contributed by atoms with Crippen LogP contribution >= 0.6 is 0 Å². The van der Waals surface area contributed by atoms with Gasteiger partial charge in [-0.2, -0.15) is 0 Å². The molecule has 1 amide bonds. The molecule has 0 bridgehead atoms. The van der Waals surface area contributed by atoms with E-state index in [1.54, 1.807) is 12.1 Å². The third-order valence-electron chi connectivity index (χ3n) is 4.54. The molecular formula is C23H19NO3. The Hall–Kier alpha value is -3.53. The van der Waals surface area contributed by atoms with Gasteiger partial charge in [0, 0.05) is 16.5 Å². The number of hydrogen-bond donors (Lipinski definition) is 2. The fourth-order valence-electron chi connectivity index (χ4n) is 3.27. The normalized spacial score (nSPS) is 10.9. The van der Waals surface area contributed by atoms with Crippen LogP contribution in [-0.2, 0) is 0 Å². The number of hydrogen-bond acceptors (Lipinski definition) is 3. The Morgan fingerprint density at radius 1 is 0.926 bits per heavy atom. The summed E-state index contributed by atoms with van der Waals surface area (Å²) in [7, 11) is 0. The Morgan fingerprint density at radius 3 is 2.41 bits per heavy atom. The monoisotopic (exact) mass is 357 g/mol. The van der Waals surface area contributed by atoms with Crippen LogP contribution in [0.5, 0.6) is 11.5 Å². The molecule has 134 valence electrons. The van der Waals surface area contributed by atoms with Crippen LogP contribution in [0.1, 0.15) is 17.3 Å². The van der Waals surface area contributed by atoms with E-state index >= 15 is 0 Å². The van der Waals surface area contributed by atoms with E-state index in [0.717, 1.165) is 27.3 Å². The first kappa shape index (κ1) is 16.9. The first-order valence-electron chi connectivity index (χ1n) is 8.85. The van der Waals surface area contributed by atoms with Crippen LogP contribution in [0.4, 0.5) is 5.69 Å². The maximum absolute atomic E-state index is 12.8. The van der Waals surface area contributed by atoms with Gasteiger partial charge >= 0.3 is 0 Å². The summed E-state index contributed by atoms with van der Waals surface area (Å²) in [4.78, 5) is 12.8. The quantitative estimate of drug-likeness (QED) is 0.518. The highest BCUT2D eigenvalue weighted by atomic mass is 16.5. The summed E-state index contributed by atoms with van der Waals surface area (Å²) >= 11 is 0. The van der Waals surface area contributed by atoms with Crippen LogP contribution in [0.3, 0.4) is 0 Å². The topological polar surface area (TPSA) is 58.6 Å². The van der Waals surface area contributed by atoms with E-state index in [-0.39, 0.29) is 17.2 Å². The first-order chi connectivity index (χ1) is 13.2. The number of phenols is 1. The number of aromatic hydroxyl groups is 1. The number of carbonyl (C=O) groups is 1. The molecule has 0 saturated carbocycles. The molecule has 0 unspecified atom stereocenters. The van der Waals surface area contributed by atoms with Gasteiger partial charge < -0.3 is 15.2 Å². The molecule has 0 spiro atoms. The van der Waals surface area contributed by atoms with Crippen molar-refractivity contribution >= 4 is 33.1 Å². The summed E-state index contributed by atoms with van der Waals surface area (Å²) in [6.45, 7) is 2.51. The molecule has 0 saturated heterocycles. The summed E-state index contributed by atoms with van der Waals surface area (Å²) in [6, 6.07) is 22.4. The highest BCUT2D eigenvalue weighted by Gasteiger charge is 2.14. The van der Waals surface area contributed by atoms with Crippen molar-refractivity contribution in [3.63, 3.8) is 0 Å². The summed E-state index contributed by atoms with van der Waals surface area (Å²) in [5.74, 6) is 0.383. The van der Waals surface area contributed by atoms with Gasteiger partial charge in [0.25, 0.3) is 5.91 Å². The summed E-state index contributed by atoms with van der Waals surface area (Å²) in [5.41, 5.74) is 0.915. The van der Waals surface area contributed by atoms with Gasteiger partial charge in [-0.1, -0.05) is 48.5 Å². The number of fused-ring (bicyclic) bond motifs is 2. The molecule has 0 heterocycles. The highest BCUT2D eigenvalue weighted by Crippen LogP contribution is 2.32. The van der Waals surface area contributed by atoms with Gasteiger partial charge in [0.05, 0.1) is 12.2 Å². The molecule has 4 rings (SSSR count). The van der Waals surface area contributed by atoms with Crippen molar-refractivity contribution in [2.75, 3.05) is 11.9 Å². The SMILES string of the molecule is CCOc1cccc2c(NC(=O)c3cc4ccccc4cc3O)cccc12. The van der Waals surface area contributed by atoms with Crippen LogP contribution in [0, 0.1) is 0 Å². The molecule has 2 N–H and O–H groups in total. The molecular weight excluding hydrogens is 338 g/mol. The molecule has 27 heavy (non-hydrogen) atoms. The van der Waals surface area contributed by atoms with Gasteiger partial charge in [0.1, 0.15) is 11.5 Å². The van der Waals surface area contributed by atoms with Crippen molar-refractivity contribution in [2.24, 2.45) is 0 Å². The standard InChI is InChI=1S/C23H19NO3/c1-2-27-22-12-6-9-17-18(22)10-5-11-20(17)24-23(26)19-13-15-7-3-4-8-16(15)14-21(19)25/h3-14,25H,2H2,1H3,(H,24,26). The van der Waals surface area contributed by atoms with Crippen LogP contribution in [0.15, 0.2) is 72.8 Å². The molecule has 0 aromatic heterocycles. The second kappa shape index (κ2) is 7.00. The number of amides is 1. The van der Waals surface area contributed by atoms with Crippen molar-refractivity contribution in [3.05, 3.63) is 78.4 Å². The number of anilines is 1. The smallest absolute Gasteiger partial charge is 0.259 e. The molecule has 0 aliphatic carbocycles. The summed E-state index contributed by atoms with van der Waals surface area (Å²) in [6.07, 6.45) is 0. The maximum atomic E-state index is 12.8. The minimum absolute atomic E-state index is 0.0403. The number of rotatable bonds is 4. The van der Waals surface area contributed by atoms with Crippen LogP contribution in [-0.4, -0.2) is 17.6 Å². The van der Waals surface area contributed by atoms with E-state index in [1.165, 1.54) is 0 Å². The van der Waals surface area contributed by atoms with Gasteiger partial charge in [-0.15, -0.1) is 0 Å². The molecule has 0 atom stereocenters. The molecule has 4 nitrogen and oxygen atoms in total. The lowest BCUT2D eigenvalue weighted by Gasteiger charge is -2.13. The Morgan fingerprint density at radius 2 is 1.63 bits per heavy atom. The minimum atomic E-state index is -0.354.